The number of halogens is 2. The summed E-state index contributed by atoms with van der Waals surface area (Å²) in [5.74, 6) is 0. The molecule has 1 nitrogen and oxygen atoms in total. The minimum atomic E-state index is 0.269. The van der Waals surface area contributed by atoms with Crippen molar-refractivity contribution in [3.63, 3.8) is 0 Å². The Hall–Kier alpha value is -0.830. The van der Waals surface area contributed by atoms with Crippen LogP contribution in [0.25, 0.3) is 0 Å². The Morgan fingerprint density at radius 3 is 2.53 bits per heavy atom. The van der Waals surface area contributed by atoms with Crippen LogP contribution in [0.1, 0.15) is 23.6 Å². The van der Waals surface area contributed by atoms with E-state index in [-0.39, 0.29) is 6.04 Å². The van der Waals surface area contributed by atoms with Crippen LogP contribution in [-0.2, 0) is 6.42 Å². The average Bonchev–Trinajstić information content (AvgIpc) is 2.45. The zero-order valence-corrected chi connectivity index (χ0v) is 13.2. The van der Waals surface area contributed by atoms with E-state index in [0.29, 0.717) is 0 Å². The van der Waals surface area contributed by atoms with Gasteiger partial charge in [-0.05, 0) is 53.0 Å². The van der Waals surface area contributed by atoms with Gasteiger partial charge in [0.25, 0.3) is 0 Å². The van der Waals surface area contributed by atoms with E-state index in [1.54, 1.807) is 0 Å². The molecule has 0 aliphatic carbocycles. The van der Waals surface area contributed by atoms with Crippen LogP contribution in [0.2, 0.25) is 5.02 Å². The van der Waals surface area contributed by atoms with Crippen molar-refractivity contribution in [2.45, 2.75) is 18.9 Å². The van der Waals surface area contributed by atoms with E-state index >= 15 is 0 Å². The number of nitrogens with one attached hydrogen (secondary N) is 1. The SMILES string of the molecule is CNC(CCc1ccccc1)c1cccc(Br)c1Cl. The highest BCUT2D eigenvalue weighted by Crippen LogP contribution is 2.31. The fourth-order valence-corrected chi connectivity index (χ4v) is 2.84. The van der Waals surface area contributed by atoms with Gasteiger partial charge in [0.2, 0.25) is 0 Å². The molecule has 0 bridgehead atoms. The van der Waals surface area contributed by atoms with Crippen LogP contribution in [0.4, 0.5) is 0 Å². The molecule has 0 radical (unpaired) electrons. The zero-order valence-electron chi connectivity index (χ0n) is 10.9. The summed E-state index contributed by atoms with van der Waals surface area (Å²) in [5, 5.41) is 4.15. The third-order valence-electron chi connectivity index (χ3n) is 3.27. The number of hydrogen-bond donors (Lipinski definition) is 1. The molecule has 0 heterocycles. The smallest absolute Gasteiger partial charge is 0.0595 e. The number of hydrogen-bond acceptors (Lipinski definition) is 1. The van der Waals surface area contributed by atoms with Crippen molar-refractivity contribution < 1.29 is 0 Å². The molecule has 19 heavy (non-hydrogen) atoms. The Kier molecular flexibility index (Phi) is 5.44. The maximum atomic E-state index is 6.36. The third-order valence-corrected chi connectivity index (χ3v) is 4.58. The van der Waals surface area contributed by atoms with Crippen molar-refractivity contribution in [3.05, 3.63) is 69.2 Å². The second kappa shape index (κ2) is 7.09. The minimum absolute atomic E-state index is 0.269. The van der Waals surface area contributed by atoms with Crippen LogP contribution in [0.15, 0.2) is 53.0 Å². The van der Waals surface area contributed by atoms with Gasteiger partial charge in [0.15, 0.2) is 0 Å². The van der Waals surface area contributed by atoms with Gasteiger partial charge >= 0.3 is 0 Å². The van der Waals surface area contributed by atoms with Crippen LogP contribution >= 0.6 is 27.5 Å². The summed E-state index contributed by atoms with van der Waals surface area (Å²) in [5.41, 5.74) is 2.50. The Labute approximate surface area is 128 Å². The van der Waals surface area contributed by atoms with Crippen LogP contribution in [0.3, 0.4) is 0 Å². The maximum Gasteiger partial charge on any atom is 0.0595 e. The topological polar surface area (TPSA) is 12.0 Å². The van der Waals surface area contributed by atoms with E-state index in [1.807, 2.05) is 25.2 Å². The summed E-state index contributed by atoms with van der Waals surface area (Å²) in [6, 6.07) is 16.9. The molecular formula is C16H17BrClN. The first kappa shape index (κ1) is 14.6. The first-order valence-corrected chi connectivity index (χ1v) is 7.54. The second-order valence-corrected chi connectivity index (χ2v) is 5.74. The molecular weight excluding hydrogens is 322 g/mol. The molecule has 0 saturated heterocycles. The molecule has 2 aromatic carbocycles. The van der Waals surface area contributed by atoms with Crippen LogP contribution in [0, 0.1) is 0 Å². The van der Waals surface area contributed by atoms with Gasteiger partial charge in [-0.1, -0.05) is 54.1 Å². The van der Waals surface area contributed by atoms with Crippen molar-refractivity contribution in [3.8, 4) is 0 Å². The Morgan fingerprint density at radius 1 is 1.11 bits per heavy atom. The van der Waals surface area contributed by atoms with E-state index in [9.17, 15) is 0 Å². The predicted octanol–water partition coefficient (Wildman–Crippen LogP) is 5.00. The summed E-state index contributed by atoms with van der Waals surface area (Å²) in [6.45, 7) is 0. The van der Waals surface area contributed by atoms with E-state index in [0.717, 1.165) is 27.9 Å². The lowest BCUT2D eigenvalue weighted by Crippen LogP contribution is -2.17. The lowest BCUT2D eigenvalue weighted by molar-refractivity contribution is 0.549. The molecule has 0 saturated carbocycles. The van der Waals surface area contributed by atoms with Gasteiger partial charge in [0, 0.05) is 10.5 Å². The third kappa shape index (κ3) is 3.82. The molecule has 0 spiro atoms. The first-order valence-electron chi connectivity index (χ1n) is 6.37. The van der Waals surface area contributed by atoms with Gasteiger partial charge in [-0.15, -0.1) is 0 Å². The Bertz CT molecular complexity index is 528. The quantitative estimate of drug-likeness (QED) is 0.809. The molecule has 3 heteroatoms. The van der Waals surface area contributed by atoms with Crippen molar-refractivity contribution in [1.82, 2.24) is 5.32 Å². The largest absolute Gasteiger partial charge is 0.313 e. The lowest BCUT2D eigenvalue weighted by atomic mass is 9.99. The summed E-state index contributed by atoms with van der Waals surface area (Å²) in [7, 11) is 1.98. The maximum absolute atomic E-state index is 6.36. The molecule has 2 aromatic rings. The predicted molar refractivity (Wildman–Crippen MR) is 85.7 cm³/mol. The molecule has 0 amide bonds. The molecule has 1 unspecified atom stereocenters. The highest BCUT2D eigenvalue weighted by atomic mass is 79.9. The minimum Gasteiger partial charge on any atom is -0.313 e. The monoisotopic (exact) mass is 337 g/mol. The second-order valence-electron chi connectivity index (χ2n) is 4.51. The standard InChI is InChI=1S/C16H17BrClN/c1-19-15(11-10-12-6-3-2-4-7-12)13-8-5-9-14(17)16(13)18/h2-9,15,19H,10-11H2,1H3. The molecule has 0 fully saturated rings. The number of benzene rings is 2. The fraction of sp³-hybridized carbons (Fsp3) is 0.250. The molecule has 2 rings (SSSR count). The molecule has 0 aliphatic heterocycles. The normalized spacial score (nSPS) is 12.4. The van der Waals surface area contributed by atoms with Crippen molar-refractivity contribution in [2.24, 2.45) is 0 Å². The van der Waals surface area contributed by atoms with E-state index in [1.165, 1.54) is 5.56 Å². The van der Waals surface area contributed by atoms with Crippen molar-refractivity contribution in [2.75, 3.05) is 7.05 Å². The van der Waals surface area contributed by atoms with E-state index in [4.69, 9.17) is 11.6 Å². The average molecular weight is 339 g/mol. The summed E-state index contributed by atoms with van der Waals surface area (Å²) < 4.78 is 0.951. The van der Waals surface area contributed by atoms with Gasteiger partial charge in [0.05, 0.1) is 5.02 Å². The summed E-state index contributed by atoms with van der Waals surface area (Å²) in [6.07, 6.45) is 2.06. The molecule has 1 atom stereocenters. The highest BCUT2D eigenvalue weighted by molar-refractivity contribution is 9.10. The van der Waals surface area contributed by atoms with Gasteiger partial charge in [-0.3, -0.25) is 0 Å². The van der Waals surface area contributed by atoms with Gasteiger partial charge in [-0.2, -0.15) is 0 Å². The lowest BCUT2D eigenvalue weighted by Gasteiger charge is -2.18. The van der Waals surface area contributed by atoms with Crippen LogP contribution in [-0.4, -0.2) is 7.05 Å². The number of aryl methyl sites for hydroxylation is 1. The molecule has 100 valence electrons. The van der Waals surface area contributed by atoms with Crippen molar-refractivity contribution >= 4 is 27.5 Å². The first-order chi connectivity index (χ1) is 9.22. The van der Waals surface area contributed by atoms with Gasteiger partial charge in [-0.25, -0.2) is 0 Å². The van der Waals surface area contributed by atoms with Gasteiger partial charge in [0.1, 0.15) is 0 Å². The van der Waals surface area contributed by atoms with Crippen molar-refractivity contribution in [1.29, 1.82) is 0 Å². The van der Waals surface area contributed by atoms with Crippen LogP contribution < -0.4 is 5.32 Å². The Morgan fingerprint density at radius 2 is 1.84 bits per heavy atom. The van der Waals surface area contributed by atoms with Crippen LogP contribution in [0.5, 0.6) is 0 Å². The highest BCUT2D eigenvalue weighted by Gasteiger charge is 2.14. The van der Waals surface area contributed by atoms with E-state index < -0.39 is 0 Å². The molecule has 0 aromatic heterocycles. The molecule has 0 aliphatic rings. The molecule has 1 N–H and O–H groups in total. The summed E-state index contributed by atoms with van der Waals surface area (Å²) >= 11 is 9.84. The fourth-order valence-electron chi connectivity index (χ4n) is 2.20. The van der Waals surface area contributed by atoms with Gasteiger partial charge < -0.3 is 5.32 Å². The summed E-state index contributed by atoms with van der Waals surface area (Å²) in [4.78, 5) is 0. The Balaban J connectivity index is 2.10. The van der Waals surface area contributed by atoms with E-state index in [2.05, 4.69) is 51.6 Å². The zero-order chi connectivity index (χ0) is 13.7. The number of rotatable bonds is 5.